The van der Waals surface area contributed by atoms with Crippen molar-refractivity contribution < 1.29 is 19.1 Å². The minimum Gasteiger partial charge on any atom is -0.479 e. The third kappa shape index (κ3) is 3.46. The molecular formula is C13H11BrFN3O3. The van der Waals surface area contributed by atoms with E-state index in [1.54, 1.807) is 7.05 Å². The molecule has 1 atom stereocenters. The normalized spacial score (nSPS) is 12.0. The van der Waals surface area contributed by atoms with Crippen LogP contribution in [-0.4, -0.2) is 26.8 Å². The van der Waals surface area contributed by atoms with Crippen molar-refractivity contribution in [1.29, 1.82) is 0 Å². The third-order valence-corrected chi connectivity index (χ3v) is 3.25. The van der Waals surface area contributed by atoms with Crippen LogP contribution in [0.3, 0.4) is 0 Å². The van der Waals surface area contributed by atoms with Crippen molar-refractivity contribution in [2.45, 2.75) is 6.04 Å². The number of hydrogen-bond acceptors (Lipinski definition) is 3. The highest BCUT2D eigenvalue weighted by Crippen LogP contribution is 2.17. The Morgan fingerprint density at radius 2 is 2.19 bits per heavy atom. The van der Waals surface area contributed by atoms with Crippen LogP contribution in [0.2, 0.25) is 0 Å². The average molecular weight is 356 g/mol. The number of aryl methyl sites for hydroxylation is 1. The Balaban J connectivity index is 2.25. The van der Waals surface area contributed by atoms with Gasteiger partial charge in [-0.15, -0.1) is 0 Å². The average Bonchev–Trinajstić information content (AvgIpc) is 2.81. The second-order valence-electron chi connectivity index (χ2n) is 4.32. The van der Waals surface area contributed by atoms with Gasteiger partial charge < -0.3 is 10.4 Å². The van der Waals surface area contributed by atoms with E-state index in [0.29, 0.717) is 10.0 Å². The predicted molar refractivity (Wildman–Crippen MR) is 75.2 cm³/mol. The van der Waals surface area contributed by atoms with Gasteiger partial charge in [-0.25, -0.2) is 9.18 Å². The molecule has 0 radical (unpaired) electrons. The number of carboxylic acids is 1. The maximum atomic E-state index is 13.7. The topological polar surface area (TPSA) is 84.2 Å². The van der Waals surface area contributed by atoms with Crippen molar-refractivity contribution in [3.05, 3.63) is 52.0 Å². The van der Waals surface area contributed by atoms with Crippen LogP contribution in [-0.2, 0) is 11.8 Å². The summed E-state index contributed by atoms with van der Waals surface area (Å²) in [6, 6.07) is 2.61. The van der Waals surface area contributed by atoms with Crippen LogP contribution >= 0.6 is 15.9 Å². The maximum absolute atomic E-state index is 13.7. The highest BCUT2D eigenvalue weighted by molar-refractivity contribution is 9.10. The second-order valence-corrected chi connectivity index (χ2v) is 5.23. The van der Waals surface area contributed by atoms with Gasteiger partial charge in [-0.2, -0.15) is 5.10 Å². The van der Waals surface area contributed by atoms with E-state index < -0.39 is 23.7 Å². The van der Waals surface area contributed by atoms with Crippen LogP contribution in [0, 0.1) is 5.82 Å². The molecule has 8 heteroatoms. The first kappa shape index (κ1) is 15.2. The zero-order chi connectivity index (χ0) is 15.6. The number of nitrogens with zero attached hydrogens (tertiary/aromatic N) is 2. The minimum absolute atomic E-state index is 0.228. The molecule has 21 heavy (non-hydrogen) atoms. The summed E-state index contributed by atoms with van der Waals surface area (Å²) in [6.45, 7) is 0. The van der Waals surface area contributed by atoms with E-state index in [-0.39, 0.29) is 5.56 Å². The lowest BCUT2D eigenvalue weighted by atomic mass is 10.1. The highest BCUT2D eigenvalue weighted by Gasteiger charge is 2.25. The Morgan fingerprint density at radius 3 is 2.71 bits per heavy atom. The molecule has 0 aliphatic heterocycles. The molecule has 0 spiro atoms. The molecular weight excluding hydrogens is 345 g/mol. The van der Waals surface area contributed by atoms with Crippen LogP contribution in [0.15, 0.2) is 35.1 Å². The number of halogens is 2. The number of aliphatic carboxylic acids is 1. The van der Waals surface area contributed by atoms with Crippen LogP contribution in [0.25, 0.3) is 0 Å². The van der Waals surface area contributed by atoms with Crippen molar-refractivity contribution in [1.82, 2.24) is 15.1 Å². The van der Waals surface area contributed by atoms with Crippen molar-refractivity contribution in [3.8, 4) is 0 Å². The molecule has 2 N–H and O–H groups in total. The van der Waals surface area contributed by atoms with Gasteiger partial charge in [0, 0.05) is 23.3 Å². The molecule has 0 saturated carbocycles. The van der Waals surface area contributed by atoms with Gasteiger partial charge in [-0.1, -0.05) is 15.9 Å². The fraction of sp³-hybridized carbons (Fsp3) is 0.154. The van der Waals surface area contributed by atoms with E-state index >= 15 is 0 Å². The van der Waals surface area contributed by atoms with Gasteiger partial charge in [0.25, 0.3) is 5.91 Å². The number of nitrogens with one attached hydrogen (secondary N) is 1. The molecule has 1 aromatic carbocycles. The zero-order valence-corrected chi connectivity index (χ0v) is 12.5. The number of aromatic nitrogens is 2. The molecule has 0 bridgehead atoms. The number of carboxylic acid groups (broad SMARTS) is 1. The molecule has 0 fully saturated rings. The van der Waals surface area contributed by atoms with Crippen molar-refractivity contribution >= 4 is 27.8 Å². The van der Waals surface area contributed by atoms with Crippen molar-refractivity contribution in [2.24, 2.45) is 7.05 Å². The number of hydrogen-bond donors (Lipinski definition) is 2. The summed E-state index contributed by atoms with van der Waals surface area (Å²) in [6.07, 6.45) is 2.80. The lowest BCUT2D eigenvalue weighted by molar-refractivity contribution is -0.139. The molecule has 110 valence electrons. The molecule has 1 aromatic heterocycles. The first-order valence-electron chi connectivity index (χ1n) is 5.85. The summed E-state index contributed by atoms with van der Waals surface area (Å²) in [5.74, 6) is -2.80. The lowest BCUT2D eigenvalue weighted by Crippen LogP contribution is -2.34. The molecule has 1 amide bonds. The van der Waals surface area contributed by atoms with E-state index in [2.05, 4.69) is 26.3 Å². The van der Waals surface area contributed by atoms with Gasteiger partial charge in [0.15, 0.2) is 6.04 Å². The molecule has 0 saturated heterocycles. The number of carbonyl (C=O) groups is 2. The summed E-state index contributed by atoms with van der Waals surface area (Å²) >= 11 is 3.08. The molecule has 1 unspecified atom stereocenters. The van der Waals surface area contributed by atoms with Crippen molar-refractivity contribution in [3.63, 3.8) is 0 Å². The molecule has 0 aliphatic carbocycles. The molecule has 2 rings (SSSR count). The summed E-state index contributed by atoms with van der Waals surface area (Å²) < 4.78 is 15.6. The highest BCUT2D eigenvalue weighted by atomic mass is 79.9. The summed E-state index contributed by atoms with van der Waals surface area (Å²) in [5.41, 5.74) is 0.0733. The fourth-order valence-corrected chi connectivity index (χ4v) is 2.09. The van der Waals surface area contributed by atoms with E-state index in [1.165, 1.54) is 29.2 Å². The van der Waals surface area contributed by atoms with Gasteiger partial charge in [-0.05, 0) is 18.2 Å². The first-order valence-corrected chi connectivity index (χ1v) is 6.65. The Morgan fingerprint density at radius 1 is 1.48 bits per heavy atom. The van der Waals surface area contributed by atoms with Gasteiger partial charge in [0.1, 0.15) is 5.82 Å². The SMILES string of the molecule is Cn1cc(C(NC(=O)c2ccc(Br)cc2F)C(=O)O)cn1. The molecule has 1 heterocycles. The molecule has 0 aliphatic rings. The van der Waals surface area contributed by atoms with Gasteiger partial charge in [-0.3, -0.25) is 9.48 Å². The van der Waals surface area contributed by atoms with E-state index in [1.807, 2.05) is 0 Å². The van der Waals surface area contributed by atoms with Crippen molar-refractivity contribution in [2.75, 3.05) is 0 Å². The van der Waals surface area contributed by atoms with Crippen LogP contribution in [0.4, 0.5) is 4.39 Å². The number of carbonyl (C=O) groups excluding carboxylic acids is 1. The monoisotopic (exact) mass is 355 g/mol. The predicted octanol–water partition coefficient (Wildman–Crippen LogP) is 1.88. The van der Waals surface area contributed by atoms with Crippen LogP contribution in [0.5, 0.6) is 0 Å². The van der Waals surface area contributed by atoms with Gasteiger partial charge in [0.2, 0.25) is 0 Å². The molecule has 2 aromatic rings. The fourth-order valence-electron chi connectivity index (χ4n) is 1.76. The Kier molecular flexibility index (Phi) is 4.37. The Bertz CT molecular complexity index is 702. The Labute approximate surface area is 127 Å². The van der Waals surface area contributed by atoms with Crippen LogP contribution in [0.1, 0.15) is 22.0 Å². The first-order chi connectivity index (χ1) is 9.88. The quantitative estimate of drug-likeness (QED) is 0.876. The number of benzene rings is 1. The van der Waals surface area contributed by atoms with E-state index in [9.17, 15) is 19.1 Å². The minimum atomic E-state index is -1.30. The summed E-state index contributed by atoms with van der Waals surface area (Å²) in [4.78, 5) is 23.3. The van der Waals surface area contributed by atoms with Gasteiger partial charge in [0.05, 0.1) is 11.8 Å². The third-order valence-electron chi connectivity index (χ3n) is 2.76. The number of amides is 1. The summed E-state index contributed by atoms with van der Waals surface area (Å²) in [5, 5.41) is 15.3. The van der Waals surface area contributed by atoms with E-state index in [0.717, 1.165) is 6.07 Å². The van der Waals surface area contributed by atoms with Crippen LogP contribution < -0.4 is 5.32 Å². The Hall–Kier alpha value is -2.22. The zero-order valence-electron chi connectivity index (χ0n) is 10.9. The standard InChI is InChI=1S/C13H11BrFN3O3/c1-18-6-7(5-16-18)11(13(20)21)17-12(19)9-3-2-8(14)4-10(9)15/h2-6,11H,1H3,(H,17,19)(H,20,21). The smallest absolute Gasteiger partial charge is 0.331 e. The summed E-state index contributed by atoms with van der Waals surface area (Å²) in [7, 11) is 1.62. The molecule has 6 nitrogen and oxygen atoms in total. The van der Waals surface area contributed by atoms with E-state index in [4.69, 9.17) is 0 Å². The maximum Gasteiger partial charge on any atom is 0.331 e. The lowest BCUT2D eigenvalue weighted by Gasteiger charge is -2.13. The van der Waals surface area contributed by atoms with Gasteiger partial charge >= 0.3 is 5.97 Å². The number of rotatable bonds is 4. The largest absolute Gasteiger partial charge is 0.479 e. The second kappa shape index (κ2) is 6.04.